The molecule has 7 heteroatoms. The molecule has 0 aliphatic rings. The van der Waals surface area contributed by atoms with Crippen LogP contribution in [0.1, 0.15) is 10.4 Å². The number of carbonyl (C=O) groups is 1. The molecule has 1 aromatic carbocycles. The Hall–Kier alpha value is -1.14. The van der Waals surface area contributed by atoms with Crippen LogP contribution >= 0.6 is 10.7 Å². The highest BCUT2D eigenvalue weighted by atomic mass is 35.7. The lowest BCUT2D eigenvalue weighted by Crippen LogP contribution is -2.01. The van der Waals surface area contributed by atoms with E-state index >= 15 is 0 Å². The van der Waals surface area contributed by atoms with E-state index in [1.165, 1.54) is 0 Å². The van der Waals surface area contributed by atoms with Crippen LogP contribution in [0.4, 0.5) is 4.39 Å². The van der Waals surface area contributed by atoms with Gasteiger partial charge in [0.15, 0.2) is 0 Å². The molecule has 0 aliphatic carbocycles. The monoisotopic (exact) mass is 238 g/mol. The van der Waals surface area contributed by atoms with Crippen molar-refractivity contribution in [2.45, 2.75) is 4.90 Å². The molecule has 1 N–H and O–H groups in total. The molecule has 0 fully saturated rings. The van der Waals surface area contributed by atoms with Crippen LogP contribution in [0, 0.1) is 5.82 Å². The fraction of sp³-hybridized carbons (Fsp3) is 0. The molecule has 0 saturated carbocycles. The Morgan fingerprint density at radius 2 is 2.00 bits per heavy atom. The normalized spacial score (nSPS) is 11.3. The first kappa shape index (κ1) is 10.9. The smallest absolute Gasteiger partial charge is 0.335 e. The zero-order valence-electron chi connectivity index (χ0n) is 6.57. The van der Waals surface area contributed by atoms with Crippen LogP contribution in [0.15, 0.2) is 23.1 Å². The predicted molar refractivity (Wildman–Crippen MR) is 46.4 cm³/mol. The summed E-state index contributed by atoms with van der Waals surface area (Å²) in [5, 5.41) is 8.45. The van der Waals surface area contributed by atoms with Crippen molar-refractivity contribution in [3.8, 4) is 0 Å². The second kappa shape index (κ2) is 3.55. The Balaban J connectivity index is 3.35. The highest BCUT2D eigenvalue weighted by Crippen LogP contribution is 2.19. The van der Waals surface area contributed by atoms with Crippen LogP contribution in [0.3, 0.4) is 0 Å². The molecule has 0 bridgehead atoms. The number of carboxylic acids is 1. The first-order chi connectivity index (χ1) is 6.32. The Morgan fingerprint density at radius 3 is 2.36 bits per heavy atom. The van der Waals surface area contributed by atoms with Gasteiger partial charge in [0.25, 0.3) is 9.05 Å². The lowest BCUT2D eigenvalue weighted by Gasteiger charge is -1.99. The minimum atomic E-state index is -4.17. The van der Waals surface area contributed by atoms with E-state index in [2.05, 4.69) is 0 Å². The van der Waals surface area contributed by atoms with Gasteiger partial charge in [0.2, 0.25) is 0 Å². The molecule has 1 aromatic rings. The third kappa shape index (κ3) is 2.21. The number of hydrogen-bond acceptors (Lipinski definition) is 3. The lowest BCUT2D eigenvalue weighted by atomic mass is 10.2. The Bertz CT molecular complexity index is 482. The van der Waals surface area contributed by atoms with Crippen molar-refractivity contribution < 1.29 is 22.7 Å². The average Bonchev–Trinajstić information content (AvgIpc) is 2.01. The molecule has 0 amide bonds. The van der Waals surface area contributed by atoms with E-state index in [0.29, 0.717) is 6.07 Å². The molecule has 0 heterocycles. The van der Waals surface area contributed by atoms with Crippen LogP contribution in [0.25, 0.3) is 0 Å². The summed E-state index contributed by atoms with van der Waals surface area (Å²) in [6.45, 7) is 0. The second-order valence-corrected chi connectivity index (χ2v) is 4.92. The van der Waals surface area contributed by atoms with Crippen molar-refractivity contribution in [3.63, 3.8) is 0 Å². The summed E-state index contributed by atoms with van der Waals surface area (Å²) in [6, 6.07) is 2.36. The molecular weight excluding hydrogens is 235 g/mol. The molecule has 76 valence electrons. The Kier molecular flexibility index (Phi) is 2.77. The first-order valence-corrected chi connectivity index (χ1v) is 5.61. The molecule has 0 saturated heterocycles. The predicted octanol–water partition coefficient (Wildman–Crippen LogP) is 1.45. The zero-order valence-corrected chi connectivity index (χ0v) is 8.14. The molecule has 0 unspecified atom stereocenters. The standard InChI is InChI=1S/C7H4ClFO4S/c8-14(12,13)6-2-1-4(7(10)11)3-5(6)9/h1-3H,(H,10,11). The van der Waals surface area contributed by atoms with E-state index in [0.717, 1.165) is 12.1 Å². The zero-order chi connectivity index (χ0) is 10.9. The quantitative estimate of drug-likeness (QED) is 0.792. The van der Waals surface area contributed by atoms with E-state index in [9.17, 15) is 17.6 Å². The molecule has 1 rings (SSSR count). The third-order valence-electron chi connectivity index (χ3n) is 1.44. The average molecular weight is 239 g/mol. The number of rotatable bonds is 2. The van der Waals surface area contributed by atoms with Crippen LogP contribution in [-0.4, -0.2) is 19.5 Å². The molecule has 4 nitrogen and oxygen atoms in total. The van der Waals surface area contributed by atoms with Crippen molar-refractivity contribution in [1.29, 1.82) is 0 Å². The summed E-state index contributed by atoms with van der Waals surface area (Å²) in [7, 11) is 0.709. The molecule has 0 spiro atoms. The number of halogens is 2. The summed E-state index contributed by atoms with van der Waals surface area (Å²) in [6.07, 6.45) is 0. The second-order valence-electron chi connectivity index (χ2n) is 2.39. The maximum absolute atomic E-state index is 13.0. The van der Waals surface area contributed by atoms with Gasteiger partial charge in [-0.05, 0) is 18.2 Å². The number of aromatic carboxylic acids is 1. The lowest BCUT2D eigenvalue weighted by molar-refractivity contribution is 0.0696. The van der Waals surface area contributed by atoms with Crippen LogP contribution in [-0.2, 0) is 9.05 Å². The van der Waals surface area contributed by atoms with Crippen molar-refractivity contribution in [3.05, 3.63) is 29.6 Å². The van der Waals surface area contributed by atoms with E-state index in [4.69, 9.17) is 15.8 Å². The van der Waals surface area contributed by atoms with Gasteiger partial charge in [-0.2, -0.15) is 0 Å². The number of hydrogen-bond donors (Lipinski definition) is 1. The largest absolute Gasteiger partial charge is 0.478 e. The minimum Gasteiger partial charge on any atom is -0.478 e. The molecule has 0 aliphatic heterocycles. The molecule has 0 aromatic heterocycles. The van der Waals surface area contributed by atoms with E-state index < -0.39 is 25.7 Å². The van der Waals surface area contributed by atoms with Gasteiger partial charge in [-0.1, -0.05) is 0 Å². The van der Waals surface area contributed by atoms with E-state index in [1.54, 1.807) is 0 Å². The summed E-state index contributed by atoms with van der Waals surface area (Å²) in [4.78, 5) is 9.63. The van der Waals surface area contributed by atoms with Crippen LogP contribution < -0.4 is 0 Å². The SMILES string of the molecule is O=C(O)c1ccc(S(=O)(=O)Cl)c(F)c1. The summed E-state index contributed by atoms with van der Waals surface area (Å²) in [5.74, 6) is -2.53. The third-order valence-corrected chi connectivity index (χ3v) is 2.80. The Labute approximate surface area is 83.4 Å². The van der Waals surface area contributed by atoms with Crippen molar-refractivity contribution in [2.24, 2.45) is 0 Å². The summed E-state index contributed by atoms with van der Waals surface area (Å²) < 4.78 is 34.4. The van der Waals surface area contributed by atoms with Crippen molar-refractivity contribution in [2.75, 3.05) is 0 Å². The molecular formula is C7H4ClFO4S. The van der Waals surface area contributed by atoms with Gasteiger partial charge >= 0.3 is 5.97 Å². The van der Waals surface area contributed by atoms with Gasteiger partial charge in [-0.15, -0.1) is 0 Å². The molecule has 0 atom stereocenters. The van der Waals surface area contributed by atoms with Crippen molar-refractivity contribution in [1.82, 2.24) is 0 Å². The van der Waals surface area contributed by atoms with Gasteiger partial charge in [0.1, 0.15) is 10.7 Å². The van der Waals surface area contributed by atoms with Gasteiger partial charge in [0.05, 0.1) is 5.56 Å². The fourth-order valence-corrected chi connectivity index (χ4v) is 1.73. The van der Waals surface area contributed by atoms with Crippen LogP contribution in [0.2, 0.25) is 0 Å². The fourth-order valence-electron chi connectivity index (χ4n) is 0.832. The summed E-state index contributed by atoms with van der Waals surface area (Å²) in [5.41, 5.74) is -0.341. The van der Waals surface area contributed by atoms with Gasteiger partial charge in [-0.25, -0.2) is 17.6 Å². The van der Waals surface area contributed by atoms with Gasteiger partial charge < -0.3 is 5.11 Å². The highest BCUT2D eigenvalue weighted by Gasteiger charge is 2.17. The van der Waals surface area contributed by atoms with Crippen LogP contribution in [0.5, 0.6) is 0 Å². The van der Waals surface area contributed by atoms with Gasteiger partial charge in [0, 0.05) is 10.7 Å². The maximum atomic E-state index is 13.0. The Morgan fingerprint density at radius 1 is 1.43 bits per heavy atom. The summed E-state index contributed by atoms with van der Waals surface area (Å²) >= 11 is 0. The van der Waals surface area contributed by atoms with E-state index in [-0.39, 0.29) is 5.56 Å². The minimum absolute atomic E-state index is 0.341. The molecule has 14 heavy (non-hydrogen) atoms. The van der Waals surface area contributed by atoms with Gasteiger partial charge in [-0.3, -0.25) is 0 Å². The van der Waals surface area contributed by atoms with E-state index in [1.807, 2.05) is 0 Å². The maximum Gasteiger partial charge on any atom is 0.335 e. The number of carboxylic acid groups (broad SMARTS) is 1. The first-order valence-electron chi connectivity index (χ1n) is 3.30. The highest BCUT2D eigenvalue weighted by molar-refractivity contribution is 8.13. The van der Waals surface area contributed by atoms with Crippen molar-refractivity contribution >= 4 is 25.7 Å². The number of benzene rings is 1. The molecule has 0 radical (unpaired) electrons. The topological polar surface area (TPSA) is 71.4 Å².